The molecule has 0 spiro atoms. The van der Waals surface area contributed by atoms with Crippen molar-refractivity contribution < 1.29 is 4.79 Å². The van der Waals surface area contributed by atoms with Gasteiger partial charge in [-0.1, -0.05) is 35.8 Å². The molecule has 0 aliphatic rings. The normalized spacial score (nSPS) is 9.83. The van der Waals surface area contributed by atoms with Gasteiger partial charge in [0.2, 0.25) is 0 Å². The van der Waals surface area contributed by atoms with Gasteiger partial charge in [0.1, 0.15) is 0 Å². The fourth-order valence-electron chi connectivity index (χ4n) is 2.22. The van der Waals surface area contributed by atoms with Gasteiger partial charge in [-0.3, -0.25) is 9.59 Å². The van der Waals surface area contributed by atoms with Gasteiger partial charge in [-0.2, -0.15) is 0 Å². The van der Waals surface area contributed by atoms with Crippen LogP contribution >= 0.6 is 15.9 Å². The molecular weight excluding hydrogens is 356 g/mol. The average molecular weight is 379 g/mol. The number of halogens is 1. The van der Waals surface area contributed by atoms with Crippen molar-refractivity contribution in [2.24, 2.45) is 0 Å². The Balaban J connectivity index is 0.00000127. The predicted molar refractivity (Wildman–Crippen MR) is 97.9 cm³/mol. The molecule has 0 unspecified atom stereocenters. The number of aromatic amines is 1. The van der Waals surface area contributed by atoms with Gasteiger partial charge in [0.25, 0.3) is 11.5 Å². The van der Waals surface area contributed by atoms with E-state index in [9.17, 15) is 9.59 Å². The Kier molecular flexibility index (Phi) is 7.23. The highest BCUT2D eigenvalue weighted by Crippen LogP contribution is 2.19. The summed E-state index contributed by atoms with van der Waals surface area (Å²) >= 11 is 3.41. The van der Waals surface area contributed by atoms with E-state index in [-0.39, 0.29) is 18.0 Å². The van der Waals surface area contributed by atoms with Crippen LogP contribution in [0.3, 0.4) is 0 Å². The zero-order valence-electron chi connectivity index (χ0n) is 14.2. The maximum absolute atomic E-state index is 12.2. The number of H-pyrrole nitrogens is 1. The molecule has 0 saturated carbocycles. The molecule has 1 aromatic carbocycles. The minimum absolute atomic E-state index is 0.154. The van der Waals surface area contributed by atoms with Crippen LogP contribution in [0.1, 0.15) is 46.6 Å². The van der Waals surface area contributed by atoms with Crippen molar-refractivity contribution in [2.75, 3.05) is 0 Å². The highest BCUT2D eigenvalue weighted by Gasteiger charge is 2.12. The summed E-state index contributed by atoms with van der Waals surface area (Å²) in [6, 6.07) is 7.37. The van der Waals surface area contributed by atoms with Crippen LogP contribution in [0, 0.1) is 20.8 Å². The Labute approximate surface area is 145 Å². The molecule has 0 aliphatic carbocycles. The first-order valence-corrected chi connectivity index (χ1v) is 8.42. The molecule has 0 aliphatic heterocycles. The van der Waals surface area contributed by atoms with Crippen molar-refractivity contribution in [3.8, 4) is 0 Å². The van der Waals surface area contributed by atoms with E-state index in [4.69, 9.17) is 0 Å². The molecule has 0 saturated heterocycles. The van der Waals surface area contributed by atoms with Crippen LogP contribution < -0.4 is 10.9 Å². The SMILES string of the molecule is CC.Cc1cc(C)c(CNC(=O)c2cccc(Br)c2C)c(=O)[nH]1. The van der Waals surface area contributed by atoms with Crippen molar-refractivity contribution in [3.63, 3.8) is 0 Å². The van der Waals surface area contributed by atoms with Crippen LogP contribution in [-0.4, -0.2) is 10.9 Å². The monoisotopic (exact) mass is 378 g/mol. The van der Waals surface area contributed by atoms with Crippen LogP contribution in [0.15, 0.2) is 33.5 Å². The molecule has 2 rings (SSSR count). The number of carbonyl (C=O) groups excluding carboxylic acids is 1. The standard InChI is InChI=1S/C16H17BrN2O2.C2H6/c1-9-7-10(2)19-16(21)13(9)8-18-15(20)12-5-4-6-14(17)11(12)3;1-2/h4-7H,8H2,1-3H3,(H,18,20)(H,19,21);1-2H3. The molecule has 1 heterocycles. The zero-order chi connectivity index (χ0) is 17.6. The van der Waals surface area contributed by atoms with E-state index in [0.29, 0.717) is 11.1 Å². The van der Waals surface area contributed by atoms with Crippen LogP contribution in [0.25, 0.3) is 0 Å². The number of benzene rings is 1. The lowest BCUT2D eigenvalue weighted by atomic mass is 10.1. The van der Waals surface area contributed by atoms with Crippen LogP contribution in [0.2, 0.25) is 0 Å². The Bertz CT molecular complexity index is 751. The van der Waals surface area contributed by atoms with Crippen molar-refractivity contribution in [3.05, 3.63) is 67.0 Å². The fourth-order valence-corrected chi connectivity index (χ4v) is 2.58. The molecule has 2 N–H and O–H groups in total. The topological polar surface area (TPSA) is 62.0 Å². The quantitative estimate of drug-likeness (QED) is 0.846. The van der Waals surface area contributed by atoms with Crippen molar-refractivity contribution in [2.45, 2.75) is 41.2 Å². The number of hydrogen-bond acceptors (Lipinski definition) is 2. The van der Waals surface area contributed by atoms with Gasteiger partial charge in [0.05, 0.1) is 0 Å². The Morgan fingerprint density at radius 3 is 2.48 bits per heavy atom. The lowest BCUT2D eigenvalue weighted by Gasteiger charge is -2.10. The third-order valence-corrected chi connectivity index (χ3v) is 4.29. The average Bonchev–Trinajstić information content (AvgIpc) is 2.50. The number of aryl methyl sites for hydroxylation is 2. The molecule has 4 nitrogen and oxygen atoms in total. The number of hydrogen-bond donors (Lipinski definition) is 2. The molecule has 1 aromatic heterocycles. The Morgan fingerprint density at radius 1 is 1.22 bits per heavy atom. The van der Waals surface area contributed by atoms with Crippen molar-refractivity contribution >= 4 is 21.8 Å². The zero-order valence-corrected chi connectivity index (χ0v) is 15.8. The van der Waals surface area contributed by atoms with E-state index >= 15 is 0 Å². The summed E-state index contributed by atoms with van der Waals surface area (Å²) in [4.78, 5) is 26.9. The first-order valence-electron chi connectivity index (χ1n) is 7.63. The van der Waals surface area contributed by atoms with Gasteiger partial charge in [0, 0.05) is 27.8 Å². The molecule has 0 fully saturated rings. The second kappa shape index (κ2) is 8.67. The Morgan fingerprint density at radius 2 is 1.87 bits per heavy atom. The highest BCUT2D eigenvalue weighted by molar-refractivity contribution is 9.10. The maximum atomic E-state index is 12.2. The molecule has 0 atom stereocenters. The van der Waals surface area contributed by atoms with E-state index in [0.717, 1.165) is 21.3 Å². The molecular formula is C18H23BrN2O2. The molecule has 23 heavy (non-hydrogen) atoms. The molecule has 124 valence electrons. The fraction of sp³-hybridized carbons (Fsp3) is 0.333. The van der Waals surface area contributed by atoms with E-state index in [1.54, 1.807) is 6.07 Å². The molecule has 0 radical (unpaired) electrons. The molecule has 2 aromatic rings. The number of pyridine rings is 1. The summed E-state index contributed by atoms with van der Waals surface area (Å²) in [6.07, 6.45) is 0. The van der Waals surface area contributed by atoms with Gasteiger partial charge in [-0.15, -0.1) is 0 Å². The minimum Gasteiger partial charge on any atom is -0.348 e. The minimum atomic E-state index is -0.187. The molecule has 0 bridgehead atoms. The van der Waals surface area contributed by atoms with E-state index < -0.39 is 0 Å². The number of nitrogens with one attached hydrogen (secondary N) is 2. The van der Waals surface area contributed by atoms with Crippen molar-refractivity contribution in [1.29, 1.82) is 0 Å². The summed E-state index contributed by atoms with van der Waals surface area (Å²) in [5.41, 5.74) is 3.60. The lowest BCUT2D eigenvalue weighted by Crippen LogP contribution is -2.28. The number of rotatable bonds is 3. The summed E-state index contributed by atoms with van der Waals surface area (Å²) in [5, 5.41) is 2.80. The molecule has 1 amide bonds. The lowest BCUT2D eigenvalue weighted by molar-refractivity contribution is 0.0950. The van der Waals surface area contributed by atoms with Gasteiger partial charge >= 0.3 is 0 Å². The van der Waals surface area contributed by atoms with Gasteiger partial charge in [-0.05, 0) is 50.1 Å². The number of aromatic nitrogens is 1. The third-order valence-electron chi connectivity index (χ3n) is 3.43. The van der Waals surface area contributed by atoms with Crippen molar-refractivity contribution in [1.82, 2.24) is 10.3 Å². The highest BCUT2D eigenvalue weighted by atomic mass is 79.9. The van der Waals surface area contributed by atoms with Crippen LogP contribution in [0.4, 0.5) is 0 Å². The van der Waals surface area contributed by atoms with E-state index in [2.05, 4.69) is 26.2 Å². The summed E-state index contributed by atoms with van der Waals surface area (Å²) < 4.78 is 0.888. The Hall–Kier alpha value is -1.88. The second-order valence-electron chi connectivity index (χ2n) is 5.04. The first kappa shape index (κ1) is 19.2. The predicted octanol–water partition coefficient (Wildman–Crippen LogP) is 4.02. The van der Waals surface area contributed by atoms with Gasteiger partial charge in [0.15, 0.2) is 0 Å². The first-order chi connectivity index (χ1) is 10.9. The number of carbonyl (C=O) groups is 1. The number of amides is 1. The van der Waals surface area contributed by atoms with Crippen LogP contribution in [0.5, 0.6) is 0 Å². The van der Waals surface area contributed by atoms with Gasteiger partial charge < -0.3 is 10.3 Å². The maximum Gasteiger partial charge on any atom is 0.253 e. The smallest absolute Gasteiger partial charge is 0.253 e. The second-order valence-corrected chi connectivity index (χ2v) is 5.89. The van der Waals surface area contributed by atoms with Crippen LogP contribution in [-0.2, 0) is 6.54 Å². The molecule has 5 heteroatoms. The summed E-state index contributed by atoms with van der Waals surface area (Å²) in [7, 11) is 0. The largest absolute Gasteiger partial charge is 0.348 e. The van der Waals surface area contributed by atoms with E-state index in [1.807, 2.05) is 52.8 Å². The van der Waals surface area contributed by atoms with Gasteiger partial charge in [-0.25, -0.2) is 0 Å². The van der Waals surface area contributed by atoms with E-state index in [1.165, 1.54) is 0 Å². The third kappa shape index (κ3) is 4.79. The summed E-state index contributed by atoms with van der Waals surface area (Å²) in [6.45, 7) is 9.80. The summed E-state index contributed by atoms with van der Waals surface area (Å²) in [5.74, 6) is -0.187.